The molecule has 240 valence electrons. The van der Waals surface area contributed by atoms with Crippen LogP contribution in [0.4, 0.5) is 19.0 Å². The van der Waals surface area contributed by atoms with Crippen LogP contribution in [0.2, 0.25) is 5.02 Å². The first-order valence-corrected chi connectivity index (χ1v) is 16.4. The van der Waals surface area contributed by atoms with Crippen LogP contribution in [0.15, 0.2) is 54.1 Å². The highest BCUT2D eigenvalue weighted by molar-refractivity contribution is 8.02. The molecule has 2 aliphatic heterocycles. The molecule has 7 nitrogen and oxygen atoms in total. The number of rotatable bonds is 9. The Morgan fingerprint density at radius 2 is 1.87 bits per heavy atom. The largest absolute Gasteiger partial charge is 0.467 e. The second-order valence-corrected chi connectivity index (χ2v) is 12.8. The highest BCUT2D eigenvalue weighted by atomic mass is 35.5. The van der Waals surface area contributed by atoms with E-state index < -0.39 is 11.7 Å². The van der Waals surface area contributed by atoms with Gasteiger partial charge in [0.25, 0.3) is 5.92 Å². The summed E-state index contributed by atoms with van der Waals surface area (Å²) in [5.74, 6) is -1.96. The number of ether oxygens (including phenoxy) is 1. The van der Waals surface area contributed by atoms with E-state index in [0.717, 1.165) is 5.39 Å². The Kier molecular flexibility index (Phi) is 11.1. The summed E-state index contributed by atoms with van der Waals surface area (Å²) >= 11 is 8.05. The molecule has 0 amide bonds. The third-order valence-corrected chi connectivity index (χ3v) is 9.09. The zero-order chi connectivity index (χ0) is 32.0. The Balaban J connectivity index is 0.000000598. The van der Waals surface area contributed by atoms with Crippen LogP contribution in [0.25, 0.3) is 32.9 Å². The van der Waals surface area contributed by atoms with Crippen molar-refractivity contribution in [1.29, 1.82) is 0 Å². The molecule has 12 heteroatoms. The molecule has 2 aliphatic rings. The first kappa shape index (κ1) is 33.2. The minimum atomic E-state index is -2.58. The van der Waals surface area contributed by atoms with Gasteiger partial charge in [0.2, 0.25) is 0 Å². The molecule has 45 heavy (non-hydrogen) atoms. The van der Waals surface area contributed by atoms with Crippen LogP contribution in [-0.2, 0) is 0 Å². The molecule has 2 fully saturated rings. The molecule has 0 unspecified atom stereocenters. The number of methoxy groups -OCH3 is 1. The average molecular weight is 659 g/mol. The number of benzene rings is 2. The molecule has 2 aromatic heterocycles. The van der Waals surface area contributed by atoms with E-state index in [9.17, 15) is 8.78 Å². The number of thioether (sulfide) groups is 1. The zero-order valence-corrected chi connectivity index (χ0v) is 27.4. The van der Waals surface area contributed by atoms with Crippen LogP contribution in [0.3, 0.4) is 0 Å². The highest BCUT2D eigenvalue weighted by Crippen LogP contribution is 2.37. The van der Waals surface area contributed by atoms with Crippen molar-refractivity contribution in [2.24, 2.45) is 0 Å². The number of nitrogens with zero attached hydrogens (tertiary/aromatic N) is 6. The van der Waals surface area contributed by atoms with E-state index in [1.165, 1.54) is 33.0 Å². The van der Waals surface area contributed by atoms with Gasteiger partial charge in [0, 0.05) is 61.0 Å². The molecule has 2 aromatic carbocycles. The number of alkyl halides is 2. The topological polar surface area (TPSA) is 57.6 Å². The second-order valence-electron chi connectivity index (χ2n) is 11.4. The number of halogens is 4. The molecular formula is C33H38ClF3N6OS. The predicted octanol–water partition coefficient (Wildman–Crippen LogP) is 7.38. The van der Waals surface area contributed by atoms with Crippen LogP contribution in [0.1, 0.15) is 19.3 Å². The van der Waals surface area contributed by atoms with Crippen molar-refractivity contribution in [2.45, 2.75) is 25.2 Å². The lowest BCUT2D eigenvalue weighted by Gasteiger charge is -2.20. The van der Waals surface area contributed by atoms with Crippen molar-refractivity contribution < 1.29 is 17.9 Å². The van der Waals surface area contributed by atoms with Crippen LogP contribution < -0.4 is 9.64 Å². The summed E-state index contributed by atoms with van der Waals surface area (Å²) < 4.78 is 47.9. The Hall–Kier alpha value is -3.12. The van der Waals surface area contributed by atoms with Gasteiger partial charge in [-0.3, -0.25) is 9.88 Å². The summed E-state index contributed by atoms with van der Waals surface area (Å²) in [6.45, 7) is 3.95. The van der Waals surface area contributed by atoms with E-state index in [1.807, 2.05) is 47.7 Å². The standard InChI is InChI=1S/C28H27ClF3N5OS.C5H11N/c1-36(13-15-39-14-5-11-37-12-10-28(31,32)17-37)26-20-16-33-24(23(30)25(20)34-27(35-26)38-2)19-8-3-6-18-7-4-9-21(29)22(18)19;1-6-4-2-3-5-6/h3-9,14,16H,10-13,15,17H2,1-2H3;2-5H2,1H3/b14-5+;. The average Bonchev–Trinajstić information content (AvgIpc) is 3.66. The molecule has 0 saturated carbocycles. The summed E-state index contributed by atoms with van der Waals surface area (Å²) in [7, 11) is 5.47. The van der Waals surface area contributed by atoms with Crippen LogP contribution in [0, 0.1) is 5.82 Å². The molecule has 0 bridgehead atoms. The molecule has 6 rings (SSSR count). The smallest absolute Gasteiger partial charge is 0.318 e. The number of aromatic nitrogens is 3. The SMILES string of the molecule is CN1CCCC1.COc1nc(N(C)CCS/C=C/CN2CCC(F)(F)C2)c2cnc(-c3cccc4cccc(Cl)c34)c(F)c2n1. The summed E-state index contributed by atoms with van der Waals surface area (Å²) in [4.78, 5) is 19.3. The normalized spacial score (nSPS) is 16.9. The zero-order valence-electron chi connectivity index (χ0n) is 25.8. The molecule has 0 spiro atoms. The van der Waals surface area contributed by atoms with E-state index in [-0.39, 0.29) is 30.2 Å². The number of hydrogen-bond donors (Lipinski definition) is 0. The monoisotopic (exact) mass is 658 g/mol. The molecule has 0 N–H and O–H groups in total. The minimum Gasteiger partial charge on any atom is -0.467 e. The van der Waals surface area contributed by atoms with Gasteiger partial charge < -0.3 is 14.5 Å². The Bertz CT molecular complexity index is 1650. The number of anilines is 1. The molecule has 2 saturated heterocycles. The summed E-state index contributed by atoms with van der Waals surface area (Å²) in [6, 6.07) is 11.1. The third-order valence-electron chi connectivity index (χ3n) is 7.98. The number of hydrogen-bond acceptors (Lipinski definition) is 8. The number of fused-ring (bicyclic) bond motifs is 2. The predicted molar refractivity (Wildman–Crippen MR) is 179 cm³/mol. The maximum absolute atomic E-state index is 16.0. The Morgan fingerprint density at radius 3 is 2.53 bits per heavy atom. The van der Waals surface area contributed by atoms with E-state index in [4.69, 9.17) is 16.3 Å². The van der Waals surface area contributed by atoms with Crippen molar-refractivity contribution in [3.63, 3.8) is 0 Å². The Morgan fingerprint density at radius 1 is 1.11 bits per heavy atom. The number of likely N-dealkylation sites (tertiary alicyclic amines) is 2. The fourth-order valence-corrected chi connectivity index (χ4v) is 6.57. The van der Waals surface area contributed by atoms with Gasteiger partial charge in [0.15, 0.2) is 5.82 Å². The van der Waals surface area contributed by atoms with E-state index >= 15 is 4.39 Å². The first-order valence-electron chi connectivity index (χ1n) is 15.0. The van der Waals surface area contributed by atoms with E-state index in [1.54, 1.807) is 35.0 Å². The fraction of sp³-hybridized carbons (Fsp3) is 0.424. The van der Waals surface area contributed by atoms with E-state index in [0.29, 0.717) is 52.6 Å². The lowest BCUT2D eigenvalue weighted by molar-refractivity contribution is 0.0133. The van der Waals surface area contributed by atoms with Gasteiger partial charge in [-0.2, -0.15) is 9.97 Å². The molecule has 4 aromatic rings. The van der Waals surface area contributed by atoms with Crippen LogP contribution >= 0.6 is 23.4 Å². The maximum atomic E-state index is 16.0. The molecule has 0 atom stereocenters. The van der Waals surface area contributed by atoms with Gasteiger partial charge in [0.1, 0.15) is 17.0 Å². The molecule has 0 aliphatic carbocycles. The third kappa shape index (κ3) is 8.19. The van der Waals surface area contributed by atoms with Crippen molar-refractivity contribution in [3.8, 4) is 17.3 Å². The van der Waals surface area contributed by atoms with Crippen molar-refractivity contribution in [1.82, 2.24) is 24.8 Å². The van der Waals surface area contributed by atoms with Gasteiger partial charge >= 0.3 is 6.01 Å². The van der Waals surface area contributed by atoms with Gasteiger partial charge in [0.05, 0.1) is 19.0 Å². The Labute approximate surface area is 271 Å². The first-order chi connectivity index (χ1) is 21.7. The lowest BCUT2D eigenvalue weighted by atomic mass is 10.0. The van der Waals surface area contributed by atoms with Gasteiger partial charge in [-0.05, 0) is 49.8 Å². The van der Waals surface area contributed by atoms with Gasteiger partial charge in [-0.1, -0.05) is 48.0 Å². The fourth-order valence-electron chi connectivity index (χ4n) is 5.55. The summed E-state index contributed by atoms with van der Waals surface area (Å²) in [6.07, 6.45) is 6.22. The lowest BCUT2D eigenvalue weighted by Crippen LogP contribution is -2.25. The van der Waals surface area contributed by atoms with Gasteiger partial charge in [-0.25, -0.2) is 13.2 Å². The minimum absolute atomic E-state index is 0.0475. The second kappa shape index (κ2) is 15.0. The molecular weight excluding hydrogens is 621 g/mol. The molecule has 0 radical (unpaired) electrons. The maximum Gasteiger partial charge on any atom is 0.318 e. The van der Waals surface area contributed by atoms with Crippen LogP contribution in [0.5, 0.6) is 6.01 Å². The molecule has 4 heterocycles. The van der Waals surface area contributed by atoms with Crippen molar-refractivity contribution in [2.75, 3.05) is 71.1 Å². The van der Waals surface area contributed by atoms with E-state index in [2.05, 4.69) is 26.9 Å². The van der Waals surface area contributed by atoms with Crippen LogP contribution in [-0.4, -0.2) is 96.9 Å². The van der Waals surface area contributed by atoms with Gasteiger partial charge in [-0.15, -0.1) is 11.8 Å². The summed E-state index contributed by atoms with van der Waals surface area (Å²) in [5.41, 5.74) is 0.825. The summed E-state index contributed by atoms with van der Waals surface area (Å²) in [5, 5.41) is 4.49. The van der Waals surface area contributed by atoms with Crippen molar-refractivity contribution in [3.05, 3.63) is 64.9 Å². The van der Waals surface area contributed by atoms with Crippen molar-refractivity contribution >= 4 is 50.9 Å². The quantitative estimate of drug-likeness (QED) is 0.173. The number of pyridine rings is 1. The highest BCUT2D eigenvalue weighted by Gasteiger charge is 2.37.